The van der Waals surface area contributed by atoms with Crippen molar-refractivity contribution in [2.75, 3.05) is 5.32 Å². The third kappa shape index (κ3) is 3.74. The highest BCUT2D eigenvalue weighted by Crippen LogP contribution is 2.37. The molecule has 1 atom stereocenters. The standard InChI is InChI=1S/C18H19N3O3S/c1-11(24-18(23)14-7-5-9-20-14)16(22)21-17-13(10-19)12-6-3-2-4-8-15(12)25-17/h5,7,9,11,20H,2-4,6,8H2,1H3,(H,21,22)/t11-/m0/s1. The van der Waals surface area contributed by atoms with Crippen molar-refractivity contribution in [2.24, 2.45) is 0 Å². The number of aryl methyl sites for hydroxylation is 1. The van der Waals surface area contributed by atoms with Crippen LogP contribution in [0, 0.1) is 11.3 Å². The van der Waals surface area contributed by atoms with E-state index in [1.54, 1.807) is 18.3 Å². The Hall–Kier alpha value is -2.59. The predicted octanol–water partition coefficient (Wildman–Crippen LogP) is 3.40. The number of amides is 1. The van der Waals surface area contributed by atoms with E-state index in [0.29, 0.717) is 16.3 Å². The summed E-state index contributed by atoms with van der Waals surface area (Å²) in [5, 5.41) is 12.8. The topological polar surface area (TPSA) is 95.0 Å². The zero-order valence-corrected chi connectivity index (χ0v) is 14.7. The molecular formula is C18H19N3O3S. The summed E-state index contributed by atoms with van der Waals surface area (Å²) in [5.41, 5.74) is 1.91. The summed E-state index contributed by atoms with van der Waals surface area (Å²) in [4.78, 5) is 28.2. The minimum Gasteiger partial charge on any atom is -0.448 e. The van der Waals surface area contributed by atoms with Crippen molar-refractivity contribution in [1.82, 2.24) is 4.98 Å². The monoisotopic (exact) mass is 357 g/mol. The number of hydrogen-bond acceptors (Lipinski definition) is 5. The molecule has 2 N–H and O–H groups in total. The number of nitriles is 1. The maximum Gasteiger partial charge on any atom is 0.355 e. The fraction of sp³-hybridized carbons (Fsp3) is 0.389. The molecule has 0 aromatic carbocycles. The highest BCUT2D eigenvalue weighted by atomic mass is 32.1. The van der Waals surface area contributed by atoms with Crippen molar-refractivity contribution in [1.29, 1.82) is 5.26 Å². The first-order chi connectivity index (χ1) is 12.1. The van der Waals surface area contributed by atoms with Crippen molar-refractivity contribution in [3.63, 3.8) is 0 Å². The van der Waals surface area contributed by atoms with Gasteiger partial charge in [-0.3, -0.25) is 4.79 Å². The summed E-state index contributed by atoms with van der Waals surface area (Å²) < 4.78 is 5.16. The average molecular weight is 357 g/mol. The van der Waals surface area contributed by atoms with Crippen LogP contribution in [0.3, 0.4) is 0 Å². The summed E-state index contributed by atoms with van der Waals surface area (Å²) in [7, 11) is 0. The number of carbonyl (C=O) groups excluding carboxylic acids is 2. The number of carbonyl (C=O) groups is 2. The third-order valence-electron chi connectivity index (χ3n) is 4.24. The van der Waals surface area contributed by atoms with Crippen LogP contribution in [0.5, 0.6) is 0 Å². The van der Waals surface area contributed by atoms with Gasteiger partial charge in [0.15, 0.2) is 6.10 Å². The molecule has 0 spiro atoms. The summed E-state index contributed by atoms with van der Waals surface area (Å²) in [6, 6.07) is 5.48. The van der Waals surface area contributed by atoms with Gasteiger partial charge in [-0.1, -0.05) is 6.42 Å². The molecule has 2 aromatic rings. The molecule has 0 aliphatic heterocycles. The molecule has 130 valence electrons. The van der Waals surface area contributed by atoms with Crippen LogP contribution in [0.1, 0.15) is 52.7 Å². The smallest absolute Gasteiger partial charge is 0.355 e. The van der Waals surface area contributed by atoms with Gasteiger partial charge in [0.25, 0.3) is 5.91 Å². The minimum atomic E-state index is -0.954. The lowest BCUT2D eigenvalue weighted by molar-refractivity contribution is -0.123. The lowest BCUT2D eigenvalue weighted by Crippen LogP contribution is -2.30. The van der Waals surface area contributed by atoms with Crippen molar-refractivity contribution in [3.8, 4) is 6.07 Å². The van der Waals surface area contributed by atoms with Crippen LogP contribution in [0.15, 0.2) is 18.3 Å². The van der Waals surface area contributed by atoms with E-state index in [0.717, 1.165) is 31.2 Å². The van der Waals surface area contributed by atoms with Crippen LogP contribution in [-0.2, 0) is 22.4 Å². The highest BCUT2D eigenvalue weighted by Gasteiger charge is 2.24. The molecule has 0 unspecified atom stereocenters. The fourth-order valence-electron chi connectivity index (χ4n) is 2.90. The Morgan fingerprint density at radius 1 is 1.36 bits per heavy atom. The van der Waals surface area contributed by atoms with Crippen molar-refractivity contribution in [2.45, 2.75) is 45.1 Å². The number of anilines is 1. The predicted molar refractivity (Wildman–Crippen MR) is 94.6 cm³/mol. The molecule has 1 aliphatic carbocycles. The second-order valence-corrected chi connectivity index (χ2v) is 7.11. The largest absolute Gasteiger partial charge is 0.448 e. The van der Waals surface area contributed by atoms with Gasteiger partial charge in [0.05, 0.1) is 5.56 Å². The van der Waals surface area contributed by atoms with Gasteiger partial charge in [-0.2, -0.15) is 5.26 Å². The molecule has 0 radical (unpaired) electrons. The number of aromatic amines is 1. The molecule has 2 heterocycles. The number of fused-ring (bicyclic) bond motifs is 1. The van der Waals surface area contributed by atoms with Crippen molar-refractivity contribution in [3.05, 3.63) is 40.0 Å². The van der Waals surface area contributed by atoms with Gasteiger partial charge in [0.2, 0.25) is 0 Å². The fourth-order valence-corrected chi connectivity index (χ4v) is 4.14. The lowest BCUT2D eigenvalue weighted by atomic mass is 10.1. The Kier molecular flexibility index (Phi) is 5.19. The van der Waals surface area contributed by atoms with E-state index >= 15 is 0 Å². The van der Waals surface area contributed by atoms with Crippen LogP contribution in [0.4, 0.5) is 5.00 Å². The summed E-state index contributed by atoms with van der Waals surface area (Å²) in [5.74, 6) is -1.03. The SMILES string of the molecule is C[C@H](OC(=O)c1ccc[nH]1)C(=O)Nc1sc2c(c1C#N)CCCCC2. The van der Waals surface area contributed by atoms with Crippen molar-refractivity contribution >= 4 is 28.2 Å². The van der Waals surface area contributed by atoms with Gasteiger partial charge in [-0.25, -0.2) is 4.79 Å². The molecule has 2 aromatic heterocycles. The summed E-state index contributed by atoms with van der Waals surface area (Å²) >= 11 is 1.46. The highest BCUT2D eigenvalue weighted by molar-refractivity contribution is 7.16. The van der Waals surface area contributed by atoms with Crippen LogP contribution in [-0.4, -0.2) is 23.0 Å². The zero-order valence-electron chi connectivity index (χ0n) is 13.9. The molecule has 3 rings (SSSR count). The number of nitrogens with one attached hydrogen (secondary N) is 2. The molecule has 0 fully saturated rings. The number of thiophene rings is 1. The summed E-state index contributed by atoms with van der Waals surface area (Å²) in [6.07, 6.45) is 5.82. The molecule has 1 aliphatic rings. The van der Waals surface area contributed by atoms with E-state index in [9.17, 15) is 14.9 Å². The quantitative estimate of drug-likeness (QED) is 0.647. The van der Waals surface area contributed by atoms with Crippen LogP contribution >= 0.6 is 11.3 Å². The van der Waals surface area contributed by atoms with E-state index in [4.69, 9.17) is 4.74 Å². The Bertz CT molecular complexity index is 817. The Morgan fingerprint density at radius 3 is 2.88 bits per heavy atom. The summed E-state index contributed by atoms with van der Waals surface area (Å²) in [6.45, 7) is 1.51. The molecule has 0 saturated carbocycles. The number of esters is 1. The number of aromatic nitrogens is 1. The van der Waals surface area contributed by atoms with Gasteiger partial charge < -0.3 is 15.0 Å². The molecule has 6 nitrogen and oxygen atoms in total. The van der Waals surface area contributed by atoms with Gasteiger partial charge in [0.1, 0.15) is 16.8 Å². The van der Waals surface area contributed by atoms with Crippen LogP contribution in [0.25, 0.3) is 0 Å². The number of H-pyrrole nitrogens is 1. The Labute approximate surface area is 149 Å². The normalized spacial score (nSPS) is 14.7. The van der Waals surface area contributed by atoms with E-state index in [1.165, 1.54) is 29.6 Å². The van der Waals surface area contributed by atoms with Gasteiger partial charge >= 0.3 is 5.97 Å². The maximum atomic E-state index is 12.4. The lowest BCUT2D eigenvalue weighted by Gasteiger charge is -2.12. The first-order valence-electron chi connectivity index (χ1n) is 8.30. The molecule has 7 heteroatoms. The number of nitrogens with zero attached hydrogens (tertiary/aromatic N) is 1. The Balaban J connectivity index is 1.70. The van der Waals surface area contributed by atoms with E-state index in [2.05, 4.69) is 16.4 Å². The Morgan fingerprint density at radius 2 is 2.16 bits per heavy atom. The first-order valence-corrected chi connectivity index (χ1v) is 9.11. The zero-order chi connectivity index (χ0) is 17.8. The second kappa shape index (κ2) is 7.53. The van der Waals surface area contributed by atoms with Crippen LogP contribution in [0.2, 0.25) is 0 Å². The molecule has 0 saturated heterocycles. The number of hydrogen-bond donors (Lipinski definition) is 2. The van der Waals surface area contributed by atoms with E-state index in [-0.39, 0.29) is 0 Å². The number of ether oxygens (including phenoxy) is 1. The third-order valence-corrected chi connectivity index (χ3v) is 5.45. The number of rotatable bonds is 4. The molecule has 1 amide bonds. The minimum absolute atomic E-state index is 0.292. The molecule has 0 bridgehead atoms. The van der Waals surface area contributed by atoms with E-state index in [1.807, 2.05) is 0 Å². The molecular weight excluding hydrogens is 338 g/mol. The van der Waals surface area contributed by atoms with Gasteiger partial charge in [0, 0.05) is 11.1 Å². The molecule has 25 heavy (non-hydrogen) atoms. The van der Waals surface area contributed by atoms with Crippen LogP contribution < -0.4 is 5.32 Å². The first kappa shape index (κ1) is 17.2. The average Bonchev–Trinajstić information content (AvgIpc) is 3.18. The second-order valence-electron chi connectivity index (χ2n) is 6.00. The van der Waals surface area contributed by atoms with Crippen molar-refractivity contribution < 1.29 is 14.3 Å². The maximum absolute atomic E-state index is 12.4. The van der Waals surface area contributed by atoms with E-state index < -0.39 is 18.0 Å². The van der Waals surface area contributed by atoms with Gasteiger partial charge in [-0.15, -0.1) is 11.3 Å². The van der Waals surface area contributed by atoms with Gasteiger partial charge in [-0.05, 0) is 50.3 Å².